The van der Waals surface area contributed by atoms with E-state index >= 15 is 0 Å². The molecule has 1 aromatic carbocycles. The van der Waals surface area contributed by atoms with E-state index in [0.29, 0.717) is 17.6 Å². The number of carbonyl (C=O) groups excluding carboxylic acids is 1. The Morgan fingerprint density at radius 3 is 2.64 bits per heavy atom. The number of hydrogen-bond acceptors (Lipinski definition) is 5. The maximum atomic E-state index is 14.1. The molecule has 1 saturated carbocycles. The number of fused-ring (bicyclic) bond motifs is 1. The Bertz CT molecular complexity index is 1230. The molecule has 2 heterocycles. The Labute approximate surface area is 190 Å². The molecule has 0 spiro atoms. The molecule has 1 aliphatic carbocycles. The first-order valence-electron chi connectivity index (χ1n) is 10.6. The largest absolute Gasteiger partial charge is 0.449 e. The van der Waals surface area contributed by atoms with E-state index in [-0.39, 0.29) is 36.1 Å². The molecule has 7 nitrogen and oxygen atoms in total. The summed E-state index contributed by atoms with van der Waals surface area (Å²) < 4.78 is 60.5. The minimum absolute atomic E-state index is 0.0128. The molecule has 0 saturated heterocycles. The molecule has 10 heteroatoms. The molecule has 176 valence electrons. The lowest BCUT2D eigenvalue weighted by atomic mass is 9.96. The predicted molar refractivity (Wildman–Crippen MR) is 118 cm³/mol. The fourth-order valence-corrected chi connectivity index (χ4v) is 5.33. The van der Waals surface area contributed by atoms with Crippen molar-refractivity contribution in [1.82, 2.24) is 14.6 Å². The quantitative estimate of drug-likeness (QED) is 0.554. The number of alkyl halides is 2. The first-order chi connectivity index (χ1) is 15.6. The van der Waals surface area contributed by atoms with Crippen LogP contribution in [0.15, 0.2) is 58.1 Å². The highest BCUT2D eigenvalue weighted by Gasteiger charge is 2.49. The summed E-state index contributed by atoms with van der Waals surface area (Å²) in [4.78, 5) is 16.3. The van der Waals surface area contributed by atoms with Gasteiger partial charge in [0.2, 0.25) is 10.0 Å². The summed E-state index contributed by atoms with van der Waals surface area (Å²) in [7, 11) is -2.59. The van der Waals surface area contributed by atoms with Crippen molar-refractivity contribution in [2.45, 2.75) is 37.1 Å². The van der Waals surface area contributed by atoms with Gasteiger partial charge in [-0.2, -0.15) is 0 Å². The molecule has 2 atom stereocenters. The van der Waals surface area contributed by atoms with Gasteiger partial charge in [0.25, 0.3) is 11.8 Å². The number of halogens is 2. The van der Waals surface area contributed by atoms with Gasteiger partial charge >= 0.3 is 0 Å². The minimum Gasteiger partial charge on any atom is -0.449 e. The molecule has 1 aliphatic rings. The summed E-state index contributed by atoms with van der Waals surface area (Å²) in [6, 6.07) is 9.34. The number of furan rings is 1. The molecule has 1 fully saturated rings. The van der Waals surface area contributed by atoms with Gasteiger partial charge in [-0.25, -0.2) is 21.5 Å². The van der Waals surface area contributed by atoms with Gasteiger partial charge in [-0.3, -0.25) is 9.78 Å². The lowest BCUT2D eigenvalue weighted by Gasteiger charge is -2.27. The van der Waals surface area contributed by atoms with Crippen molar-refractivity contribution in [3.05, 3.63) is 60.1 Å². The zero-order valence-corrected chi connectivity index (χ0v) is 19.1. The van der Waals surface area contributed by atoms with Crippen molar-refractivity contribution >= 4 is 26.9 Å². The van der Waals surface area contributed by atoms with Crippen LogP contribution in [0.4, 0.5) is 8.78 Å². The summed E-state index contributed by atoms with van der Waals surface area (Å²) in [5.41, 5.74) is 1.18. The average Bonchev–Trinajstić information content (AvgIpc) is 3.34. The molecule has 33 heavy (non-hydrogen) atoms. The number of nitrogens with one attached hydrogen (secondary N) is 1. The first kappa shape index (κ1) is 23.3. The van der Waals surface area contributed by atoms with Crippen molar-refractivity contribution < 1.29 is 26.4 Å². The number of aromatic nitrogens is 1. The molecule has 0 radical (unpaired) electrons. The van der Waals surface area contributed by atoms with Gasteiger partial charge in [0, 0.05) is 44.1 Å². The second-order valence-electron chi connectivity index (χ2n) is 8.52. The van der Waals surface area contributed by atoms with Crippen LogP contribution >= 0.6 is 0 Å². The van der Waals surface area contributed by atoms with Crippen LogP contribution in [0.5, 0.6) is 0 Å². The van der Waals surface area contributed by atoms with E-state index in [1.165, 1.54) is 25.4 Å². The minimum atomic E-state index is -3.91. The summed E-state index contributed by atoms with van der Waals surface area (Å²) in [6.07, 6.45) is 3.30. The van der Waals surface area contributed by atoms with Crippen LogP contribution in [-0.2, 0) is 16.6 Å². The van der Waals surface area contributed by atoms with Crippen LogP contribution in [-0.4, -0.2) is 43.1 Å². The predicted octanol–water partition coefficient (Wildman–Crippen LogP) is 4.06. The maximum Gasteiger partial charge on any atom is 0.287 e. The Kier molecular flexibility index (Phi) is 6.24. The number of amides is 1. The van der Waals surface area contributed by atoms with E-state index in [1.807, 2.05) is 0 Å². The zero-order chi connectivity index (χ0) is 23.8. The molecule has 2 unspecified atom stereocenters. The molecule has 1 N–H and O–H groups in total. The maximum absolute atomic E-state index is 14.1. The summed E-state index contributed by atoms with van der Waals surface area (Å²) in [5.74, 6) is -4.36. The van der Waals surface area contributed by atoms with Crippen LogP contribution in [0.2, 0.25) is 0 Å². The summed E-state index contributed by atoms with van der Waals surface area (Å²) in [5, 5.41) is 3.49. The van der Waals surface area contributed by atoms with E-state index in [1.54, 1.807) is 37.4 Å². The molecule has 3 aromatic rings. The number of rotatable bonds is 7. The molecule has 2 aromatic heterocycles. The highest BCUT2D eigenvalue weighted by molar-refractivity contribution is 7.89. The normalized spacial score (nSPS) is 20.4. The van der Waals surface area contributed by atoms with Crippen LogP contribution in [0.3, 0.4) is 0 Å². The number of pyridine rings is 1. The van der Waals surface area contributed by atoms with E-state index in [4.69, 9.17) is 4.42 Å². The van der Waals surface area contributed by atoms with Crippen molar-refractivity contribution in [2.75, 3.05) is 13.6 Å². The van der Waals surface area contributed by atoms with E-state index in [0.717, 1.165) is 9.69 Å². The topological polar surface area (TPSA) is 92.5 Å². The Balaban J connectivity index is 1.39. The van der Waals surface area contributed by atoms with E-state index in [9.17, 15) is 22.0 Å². The number of benzene rings is 1. The Morgan fingerprint density at radius 1 is 1.27 bits per heavy atom. The second-order valence-corrected chi connectivity index (χ2v) is 10.6. The molecule has 1 amide bonds. The number of hydrogen-bond donors (Lipinski definition) is 1. The summed E-state index contributed by atoms with van der Waals surface area (Å²) in [6.45, 7) is 1.66. The highest BCUT2D eigenvalue weighted by Crippen LogP contribution is 2.44. The third-order valence-corrected chi connectivity index (χ3v) is 8.09. The molecule has 0 bridgehead atoms. The SMILES string of the molecule is CC1CCC(F)(F)C1CN(C)S(=O)(=O)c1ccc(CNC(=O)c2cc3ccncc3o2)cc1. The van der Waals surface area contributed by atoms with Crippen LogP contribution in [0.25, 0.3) is 11.0 Å². The number of nitrogens with zero attached hydrogens (tertiary/aromatic N) is 2. The fraction of sp³-hybridized carbons (Fsp3) is 0.391. The van der Waals surface area contributed by atoms with E-state index in [2.05, 4.69) is 10.3 Å². The lowest BCUT2D eigenvalue weighted by Crippen LogP contribution is -2.39. The Morgan fingerprint density at radius 2 is 2.00 bits per heavy atom. The van der Waals surface area contributed by atoms with Crippen LogP contribution in [0, 0.1) is 11.8 Å². The number of carbonyl (C=O) groups is 1. The smallest absolute Gasteiger partial charge is 0.287 e. The molecular formula is C23H25F2N3O4S. The molecule has 0 aliphatic heterocycles. The second kappa shape index (κ2) is 8.83. The van der Waals surface area contributed by atoms with Crippen molar-refractivity contribution in [3.8, 4) is 0 Å². The van der Waals surface area contributed by atoms with E-state index < -0.39 is 27.8 Å². The lowest BCUT2D eigenvalue weighted by molar-refractivity contribution is -0.0481. The molecule has 4 rings (SSSR count). The third kappa shape index (κ3) is 4.77. The van der Waals surface area contributed by atoms with Gasteiger partial charge in [-0.1, -0.05) is 19.1 Å². The Hall–Kier alpha value is -2.85. The highest BCUT2D eigenvalue weighted by atomic mass is 32.2. The first-order valence-corrected chi connectivity index (χ1v) is 12.1. The fourth-order valence-electron chi connectivity index (χ4n) is 4.14. The third-order valence-electron chi connectivity index (χ3n) is 6.25. The van der Waals surface area contributed by atoms with Crippen molar-refractivity contribution in [2.24, 2.45) is 11.8 Å². The van der Waals surface area contributed by atoms with Crippen molar-refractivity contribution in [3.63, 3.8) is 0 Å². The monoisotopic (exact) mass is 477 g/mol. The van der Waals surface area contributed by atoms with Gasteiger partial charge in [-0.05, 0) is 42.2 Å². The van der Waals surface area contributed by atoms with Gasteiger partial charge in [0.15, 0.2) is 11.3 Å². The van der Waals surface area contributed by atoms with Gasteiger partial charge in [-0.15, -0.1) is 0 Å². The van der Waals surface area contributed by atoms with Crippen LogP contribution in [0.1, 0.15) is 35.9 Å². The van der Waals surface area contributed by atoms with Crippen LogP contribution < -0.4 is 5.32 Å². The zero-order valence-electron chi connectivity index (χ0n) is 18.3. The standard InChI is InChI=1S/C23H25F2N3O4S/c1-15-7-9-23(24,25)19(15)14-28(2)33(30,31)18-5-3-16(4-6-18)12-27-22(29)20-11-17-8-10-26-13-21(17)32-20/h3-6,8,10-11,13,15,19H,7,9,12,14H2,1-2H3,(H,27,29). The average molecular weight is 478 g/mol. The van der Waals surface area contributed by atoms with Crippen molar-refractivity contribution in [1.29, 1.82) is 0 Å². The summed E-state index contributed by atoms with van der Waals surface area (Å²) >= 11 is 0. The molecular weight excluding hydrogens is 452 g/mol. The van der Waals surface area contributed by atoms with Gasteiger partial charge in [0.05, 0.1) is 11.1 Å². The van der Waals surface area contributed by atoms with Gasteiger partial charge < -0.3 is 9.73 Å². The van der Waals surface area contributed by atoms with Gasteiger partial charge in [0.1, 0.15) is 0 Å². The number of sulfonamides is 1.